The van der Waals surface area contributed by atoms with Crippen molar-refractivity contribution in [2.24, 2.45) is 5.14 Å². The molecule has 0 aliphatic carbocycles. The second kappa shape index (κ2) is 7.30. The van der Waals surface area contributed by atoms with Gasteiger partial charge in [-0.15, -0.1) is 0 Å². The lowest BCUT2D eigenvalue weighted by Gasteiger charge is -2.08. The zero-order valence-corrected chi connectivity index (χ0v) is 12.4. The molecule has 0 spiro atoms. The van der Waals surface area contributed by atoms with Crippen LogP contribution in [0.3, 0.4) is 0 Å². The molecule has 0 saturated heterocycles. The van der Waals surface area contributed by atoms with Gasteiger partial charge in [0.1, 0.15) is 5.82 Å². The van der Waals surface area contributed by atoms with E-state index in [1.54, 1.807) is 6.92 Å². The van der Waals surface area contributed by atoms with Gasteiger partial charge in [0.25, 0.3) is 5.91 Å². The lowest BCUT2D eigenvalue weighted by Crippen LogP contribution is -2.28. The first-order valence-corrected chi connectivity index (χ1v) is 7.59. The smallest absolute Gasteiger partial charge is 0.254 e. The number of rotatable bonds is 7. The van der Waals surface area contributed by atoms with Gasteiger partial charge in [-0.05, 0) is 25.1 Å². The van der Waals surface area contributed by atoms with Crippen molar-refractivity contribution >= 4 is 15.9 Å². The molecule has 1 aromatic rings. The van der Waals surface area contributed by atoms with Crippen molar-refractivity contribution in [3.8, 4) is 0 Å². The van der Waals surface area contributed by atoms with Crippen LogP contribution in [0.1, 0.15) is 17.3 Å². The molecule has 6 nitrogen and oxygen atoms in total. The van der Waals surface area contributed by atoms with Gasteiger partial charge in [-0.3, -0.25) is 4.79 Å². The number of carbonyl (C=O) groups excluding carboxylic acids is 1. The lowest BCUT2D eigenvalue weighted by atomic mass is 10.2. The van der Waals surface area contributed by atoms with E-state index in [1.807, 2.05) is 0 Å². The fourth-order valence-electron chi connectivity index (χ4n) is 1.44. The number of halogens is 1. The molecule has 1 rings (SSSR count). The van der Waals surface area contributed by atoms with Crippen LogP contribution in [-0.2, 0) is 14.8 Å². The highest BCUT2D eigenvalue weighted by molar-refractivity contribution is 7.89. The standard InChI is InChI=1S/C13H17FN2O4S/c1-9(2)8-20-6-5-16-13(17)11-4-3-10(7-12(11)14)21(15,18)19/h3-4,7H,1,5-6,8H2,2H3,(H,16,17)(H2,15,18,19). The molecule has 21 heavy (non-hydrogen) atoms. The Morgan fingerprint density at radius 1 is 1.48 bits per heavy atom. The second-order valence-electron chi connectivity index (χ2n) is 4.45. The molecular formula is C13H17FN2O4S. The molecule has 1 amide bonds. The molecule has 0 aliphatic heterocycles. The Labute approximate surface area is 122 Å². The molecular weight excluding hydrogens is 299 g/mol. The Kier molecular flexibility index (Phi) is 6.01. The molecule has 116 valence electrons. The summed E-state index contributed by atoms with van der Waals surface area (Å²) in [5, 5.41) is 7.33. The quantitative estimate of drug-likeness (QED) is 0.574. The van der Waals surface area contributed by atoms with E-state index in [0.717, 1.165) is 17.7 Å². The molecule has 8 heteroatoms. The highest BCUT2D eigenvalue weighted by atomic mass is 32.2. The summed E-state index contributed by atoms with van der Waals surface area (Å²) in [6.07, 6.45) is 0. The predicted octanol–water partition coefficient (Wildman–Crippen LogP) is 0.796. The van der Waals surface area contributed by atoms with Crippen molar-refractivity contribution in [2.45, 2.75) is 11.8 Å². The zero-order chi connectivity index (χ0) is 16.0. The van der Waals surface area contributed by atoms with E-state index in [0.29, 0.717) is 12.7 Å². The van der Waals surface area contributed by atoms with Gasteiger partial charge in [0.05, 0.1) is 23.7 Å². The molecule has 0 atom stereocenters. The first-order chi connectivity index (χ1) is 9.71. The Balaban J connectivity index is 2.61. The minimum absolute atomic E-state index is 0.197. The Hall–Kier alpha value is -1.77. The van der Waals surface area contributed by atoms with E-state index in [1.165, 1.54) is 0 Å². The Morgan fingerprint density at radius 2 is 2.14 bits per heavy atom. The van der Waals surface area contributed by atoms with Crippen LogP contribution in [0.25, 0.3) is 0 Å². The lowest BCUT2D eigenvalue weighted by molar-refractivity contribution is 0.0922. The SMILES string of the molecule is C=C(C)COCCNC(=O)c1ccc(S(N)(=O)=O)cc1F. The third-order valence-corrected chi connectivity index (χ3v) is 3.31. The van der Waals surface area contributed by atoms with Crippen molar-refractivity contribution in [2.75, 3.05) is 19.8 Å². The van der Waals surface area contributed by atoms with Gasteiger partial charge in [0, 0.05) is 6.54 Å². The van der Waals surface area contributed by atoms with Crippen molar-refractivity contribution in [1.82, 2.24) is 5.32 Å². The monoisotopic (exact) mass is 316 g/mol. The number of hydrogen-bond acceptors (Lipinski definition) is 4. The minimum atomic E-state index is -4.00. The molecule has 0 bridgehead atoms. The van der Waals surface area contributed by atoms with Crippen LogP contribution in [-0.4, -0.2) is 34.1 Å². The van der Waals surface area contributed by atoms with Gasteiger partial charge in [0.15, 0.2) is 0 Å². The van der Waals surface area contributed by atoms with Crippen LogP contribution in [0.4, 0.5) is 4.39 Å². The first-order valence-electron chi connectivity index (χ1n) is 6.04. The minimum Gasteiger partial charge on any atom is -0.375 e. The van der Waals surface area contributed by atoms with Crippen molar-refractivity contribution in [3.63, 3.8) is 0 Å². The van der Waals surface area contributed by atoms with Crippen molar-refractivity contribution < 1.29 is 22.3 Å². The maximum absolute atomic E-state index is 13.7. The molecule has 0 heterocycles. The van der Waals surface area contributed by atoms with Crippen LogP contribution >= 0.6 is 0 Å². The largest absolute Gasteiger partial charge is 0.375 e. The number of nitrogens with one attached hydrogen (secondary N) is 1. The summed E-state index contributed by atoms with van der Waals surface area (Å²) in [6, 6.07) is 2.85. The number of nitrogens with two attached hydrogens (primary N) is 1. The Morgan fingerprint density at radius 3 is 2.67 bits per heavy atom. The number of sulfonamides is 1. The van der Waals surface area contributed by atoms with Gasteiger partial charge in [0.2, 0.25) is 10.0 Å². The molecule has 0 saturated carbocycles. The summed E-state index contributed by atoms with van der Waals surface area (Å²) in [4.78, 5) is 11.3. The predicted molar refractivity (Wildman–Crippen MR) is 75.7 cm³/mol. The summed E-state index contributed by atoms with van der Waals surface area (Å²) in [5.74, 6) is -1.62. The van der Waals surface area contributed by atoms with Crippen LogP contribution in [0.5, 0.6) is 0 Å². The van der Waals surface area contributed by atoms with Crippen molar-refractivity contribution in [1.29, 1.82) is 0 Å². The zero-order valence-electron chi connectivity index (χ0n) is 11.6. The first kappa shape index (κ1) is 17.3. The van der Waals surface area contributed by atoms with Gasteiger partial charge >= 0.3 is 0 Å². The fourth-order valence-corrected chi connectivity index (χ4v) is 1.96. The highest BCUT2D eigenvalue weighted by Gasteiger charge is 2.15. The summed E-state index contributed by atoms with van der Waals surface area (Å²) in [7, 11) is -4.00. The molecule has 0 aliphatic rings. The second-order valence-corrected chi connectivity index (χ2v) is 6.01. The average molecular weight is 316 g/mol. The number of carbonyl (C=O) groups is 1. The van der Waals surface area contributed by atoms with Gasteiger partial charge in [-0.25, -0.2) is 17.9 Å². The molecule has 0 fully saturated rings. The van der Waals surface area contributed by atoms with Crippen LogP contribution in [0.2, 0.25) is 0 Å². The highest BCUT2D eigenvalue weighted by Crippen LogP contribution is 2.13. The molecule has 0 unspecified atom stereocenters. The van der Waals surface area contributed by atoms with E-state index in [-0.39, 0.29) is 23.6 Å². The number of ether oxygens (including phenoxy) is 1. The van der Waals surface area contributed by atoms with E-state index in [4.69, 9.17) is 9.88 Å². The van der Waals surface area contributed by atoms with Gasteiger partial charge in [-0.1, -0.05) is 12.2 Å². The van der Waals surface area contributed by atoms with Crippen LogP contribution < -0.4 is 10.5 Å². The third-order valence-electron chi connectivity index (χ3n) is 2.39. The molecule has 0 aromatic heterocycles. The normalized spacial score (nSPS) is 11.2. The molecule has 3 N–H and O–H groups in total. The van der Waals surface area contributed by atoms with E-state index >= 15 is 0 Å². The summed E-state index contributed by atoms with van der Waals surface area (Å²) in [6.45, 7) is 6.30. The van der Waals surface area contributed by atoms with Crippen LogP contribution in [0.15, 0.2) is 35.2 Å². The topological polar surface area (TPSA) is 98.5 Å². The third kappa shape index (κ3) is 5.62. The van der Waals surface area contributed by atoms with E-state index in [2.05, 4.69) is 11.9 Å². The van der Waals surface area contributed by atoms with Crippen molar-refractivity contribution in [3.05, 3.63) is 41.7 Å². The fraction of sp³-hybridized carbons (Fsp3) is 0.308. The van der Waals surface area contributed by atoms with Crippen LogP contribution in [0, 0.1) is 5.82 Å². The summed E-state index contributed by atoms with van der Waals surface area (Å²) >= 11 is 0. The van der Waals surface area contributed by atoms with E-state index in [9.17, 15) is 17.6 Å². The number of benzene rings is 1. The maximum Gasteiger partial charge on any atom is 0.254 e. The van der Waals surface area contributed by atoms with Gasteiger partial charge in [-0.2, -0.15) is 0 Å². The van der Waals surface area contributed by atoms with E-state index < -0.39 is 21.7 Å². The van der Waals surface area contributed by atoms with Gasteiger partial charge < -0.3 is 10.1 Å². The number of primary sulfonamides is 1. The average Bonchev–Trinajstić information content (AvgIpc) is 2.36. The number of hydrogen-bond donors (Lipinski definition) is 2. The maximum atomic E-state index is 13.7. The molecule has 1 aromatic carbocycles. The molecule has 0 radical (unpaired) electrons. The summed E-state index contributed by atoms with van der Waals surface area (Å²) < 4.78 is 41.0. The Bertz CT molecular complexity index is 644. The number of amides is 1. The summed E-state index contributed by atoms with van der Waals surface area (Å²) in [5.41, 5.74) is 0.591.